The number of aryl methyl sites for hydroxylation is 1. The second-order valence-corrected chi connectivity index (χ2v) is 3.18. The van der Waals surface area contributed by atoms with Crippen LogP contribution in [0, 0.1) is 22.9 Å². The van der Waals surface area contributed by atoms with Gasteiger partial charge in [-0.05, 0) is 30.7 Å². The summed E-state index contributed by atoms with van der Waals surface area (Å²) < 4.78 is 13.4. The fourth-order valence-electron chi connectivity index (χ4n) is 1.55. The summed E-state index contributed by atoms with van der Waals surface area (Å²) in [5.41, 5.74) is 0.544. The summed E-state index contributed by atoms with van der Waals surface area (Å²) in [5, 5.41) is 10.9. The molecule has 2 rings (SSSR count). The van der Waals surface area contributed by atoms with Gasteiger partial charge in [-0.25, -0.2) is 0 Å². The Balaban J connectivity index is 2.96. The van der Waals surface area contributed by atoms with E-state index in [1.807, 2.05) is 0 Å². The van der Waals surface area contributed by atoms with E-state index in [4.69, 9.17) is 0 Å². The molecule has 1 aromatic carbocycles. The minimum atomic E-state index is -0.821. The standard InChI is InChI=1S/C10H7FN2O2/c1-6-5-8(11)10(13(14)15)7-3-2-4-12-9(6)7/h2-5H,1H3. The molecule has 2 aromatic rings. The Bertz CT molecular complexity index is 554. The van der Waals surface area contributed by atoms with Crippen molar-refractivity contribution in [3.63, 3.8) is 0 Å². The molecule has 76 valence electrons. The molecule has 0 spiro atoms. The van der Waals surface area contributed by atoms with Gasteiger partial charge in [0, 0.05) is 6.20 Å². The molecule has 0 unspecified atom stereocenters. The fourth-order valence-corrected chi connectivity index (χ4v) is 1.55. The van der Waals surface area contributed by atoms with Crippen molar-refractivity contribution in [2.45, 2.75) is 6.92 Å². The van der Waals surface area contributed by atoms with Crippen LogP contribution in [0.15, 0.2) is 24.4 Å². The number of benzene rings is 1. The maximum atomic E-state index is 13.4. The molecule has 0 fully saturated rings. The Morgan fingerprint density at radius 3 is 2.93 bits per heavy atom. The summed E-state index contributed by atoms with van der Waals surface area (Å²) in [6, 6.07) is 4.18. The average molecular weight is 206 g/mol. The quantitative estimate of drug-likeness (QED) is 0.532. The third kappa shape index (κ3) is 1.41. The Kier molecular flexibility index (Phi) is 2.07. The summed E-state index contributed by atoms with van der Waals surface area (Å²) in [5.74, 6) is -0.821. The Morgan fingerprint density at radius 2 is 2.27 bits per heavy atom. The van der Waals surface area contributed by atoms with Crippen LogP contribution in [0.1, 0.15) is 5.56 Å². The topological polar surface area (TPSA) is 56.0 Å². The van der Waals surface area contributed by atoms with E-state index >= 15 is 0 Å². The highest BCUT2D eigenvalue weighted by Gasteiger charge is 2.20. The first-order valence-corrected chi connectivity index (χ1v) is 4.29. The van der Waals surface area contributed by atoms with E-state index in [0.29, 0.717) is 11.1 Å². The van der Waals surface area contributed by atoms with E-state index in [-0.39, 0.29) is 5.39 Å². The largest absolute Gasteiger partial charge is 0.314 e. The van der Waals surface area contributed by atoms with Crippen molar-refractivity contribution in [1.82, 2.24) is 4.98 Å². The fraction of sp³-hybridized carbons (Fsp3) is 0.100. The van der Waals surface area contributed by atoms with E-state index < -0.39 is 16.4 Å². The maximum absolute atomic E-state index is 13.4. The molecule has 5 heteroatoms. The van der Waals surface area contributed by atoms with Gasteiger partial charge in [-0.15, -0.1) is 0 Å². The monoisotopic (exact) mass is 206 g/mol. The molecule has 0 aliphatic carbocycles. The van der Waals surface area contributed by atoms with Gasteiger partial charge in [-0.2, -0.15) is 4.39 Å². The predicted molar refractivity (Wildman–Crippen MR) is 53.1 cm³/mol. The second kappa shape index (κ2) is 3.27. The molecule has 0 aliphatic rings. The summed E-state index contributed by atoms with van der Waals surface area (Å²) in [7, 11) is 0. The van der Waals surface area contributed by atoms with Crippen molar-refractivity contribution in [2.24, 2.45) is 0 Å². The second-order valence-electron chi connectivity index (χ2n) is 3.18. The van der Waals surface area contributed by atoms with Crippen LogP contribution in [-0.2, 0) is 0 Å². The third-order valence-electron chi connectivity index (χ3n) is 2.19. The number of nitrogens with zero attached hydrogens (tertiary/aromatic N) is 2. The van der Waals surface area contributed by atoms with E-state index in [2.05, 4.69) is 4.98 Å². The zero-order chi connectivity index (χ0) is 11.0. The van der Waals surface area contributed by atoms with Gasteiger partial charge < -0.3 is 0 Å². The van der Waals surface area contributed by atoms with Crippen molar-refractivity contribution in [2.75, 3.05) is 0 Å². The number of rotatable bonds is 1. The van der Waals surface area contributed by atoms with Gasteiger partial charge in [0.2, 0.25) is 5.82 Å². The molecule has 4 nitrogen and oxygen atoms in total. The number of pyridine rings is 1. The number of halogens is 1. The summed E-state index contributed by atoms with van der Waals surface area (Å²) in [6.07, 6.45) is 1.52. The SMILES string of the molecule is Cc1cc(F)c([N+](=O)[O-])c2cccnc12. The smallest absolute Gasteiger partial charge is 0.258 e. The molecule has 1 aromatic heterocycles. The molecule has 0 saturated carbocycles. The zero-order valence-electron chi connectivity index (χ0n) is 7.90. The normalized spacial score (nSPS) is 10.5. The molecular weight excluding hydrogens is 199 g/mol. The molecule has 0 saturated heterocycles. The molecule has 0 amide bonds. The minimum absolute atomic E-state index is 0.236. The highest BCUT2D eigenvalue weighted by atomic mass is 19.1. The predicted octanol–water partition coefficient (Wildman–Crippen LogP) is 2.59. The van der Waals surface area contributed by atoms with E-state index in [9.17, 15) is 14.5 Å². The molecule has 0 radical (unpaired) electrons. The van der Waals surface area contributed by atoms with E-state index in [1.165, 1.54) is 12.3 Å². The van der Waals surface area contributed by atoms with E-state index in [1.54, 1.807) is 13.0 Å². The highest BCUT2D eigenvalue weighted by molar-refractivity contribution is 5.90. The Hall–Kier alpha value is -2.04. The number of aromatic nitrogens is 1. The lowest BCUT2D eigenvalue weighted by Crippen LogP contribution is -1.96. The van der Waals surface area contributed by atoms with Crippen molar-refractivity contribution in [3.8, 4) is 0 Å². The van der Waals surface area contributed by atoms with Crippen molar-refractivity contribution < 1.29 is 9.31 Å². The van der Waals surface area contributed by atoms with Crippen LogP contribution in [-0.4, -0.2) is 9.91 Å². The van der Waals surface area contributed by atoms with Crippen LogP contribution in [0.4, 0.5) is 10.1 Å². The lowest BCUT2D eigenvalue weighted by atomic mass is 10.1. The summed E-state index contributed by atoms with van der Waals surface area (Å²) in [4.78, 5) is 14.0. The summed E-state index contributed by atoms with van der Waals surface area (Å²) in [6.45, 7) is 1.67. The lowest BCUT2D eigenvalue weighted by molar-refractivity contribution is -0.385. The number of hydrogen-bond donors (Lipinski definition) is 0. The van der Waals surface area contributed by atoms with Gasteiger partial charge in [0.1, 0.15) is 0 Å². The average Bonchev–Trinajstić information content (AvgIpc) is 2.17. The minimum Gasteiger partial charge on any atom is -0.258 e. The maximum Gasteiger partial charge on any atom is 0.314 e. The molecule has 1 heterocycles. The Labute approximate surface area is 84.5 Å². The van der Waals surface area contributed by atoms with Gasteiger partial charge in [-0.1, -0.05) is 0 Å². The van der Waals surface area contributed by atoms with Crippen molar-refractivity contribution in [1.29, 1.82) is 0 Å². The number of nitro groups is 1. The number of fused-ring (bicyclic) bond motifs is 1. The van der Waals surface area contributed by atoms with Crippen molar-refractivity contribution >= 4 is 16.6 Å². The first-order chi connectivity index (χ1) is 7.11. The Morgan fingerprint density at radius 1 is 1.53 bits per heavy atom. The third-order valence-corrected chi connectivity index (χ3v) is 2.19. The lowest BCUT2D eigenvalue weighted by Gasteiger charge is -2.02. The first-order valence-electron chi connectivity index (χ1n) is 4.29. The molecule has 0 atom stereocenters. The molecular formula is C10H7FN2O2. The molecule has 0 aliphatic heterocycles. The summed E-state index contributed by atoms with van der Waals surface area (Å²) >= 11 is 0. The van der Waals surface area contributed by atoms with Gasteiger partial charge in [0.05, 0.1) is 15.8 Å². The molecule has 15 heavy (non-hydrogen) atoms. The molecule has 0 bridgehead atoms. The number of hydrogen-bond acceptors (Lipinski definition) is 3. The van der Waals surface area contributed by atoms with Crippen LogP contribution >= 0.6 is 0 Å². The van der Waals surface area contributed by atoms with Crippen LogP contribution < -0.4 is 0 Å². The number of nitro benzene ring substituents is 1. The van der Waals surface area contributed by atoms with Crippen LogP contribution in [0.3, 0.4) is 0 Å². The highest BCUT2D eigenvalue weighted by Crippen LogP contribution is 2.29. The first kappa shape index (κ1) is 9.51. The zero-order valence-corrected chi connectivity index (χ0v) is 7.90. The van der Waals surface area contributed by atoms with Gasteiger partial charge >= 0.3 is 5.69 Å². The van der Waals surface area contributed by atoms with E-state index in [0.717, 1.165) is 6.07 Å². The van der Waals surface area contributed by atoms with Crippen LogP contribution in [0.25, 0.3) is 10.9 Å². The molecule has 0 N–H and O–H groups in total. The van der Waals surface area contributed by atoms with Crippen molar-refractivity contribution in [3.05, 3.63) is 45.9 Å². The van der Waals surface area contributed by atoms with Crippen LogP contribution in [0.5, 0.6) is 0 Å². The van der Waals surface area contributed by atoms with Gasteiger partial charge in [0.15, 0.2) is 0 Å². The van der Waals surface area contributed by atoms with Gasteiger partial charge in [0.25, 0.3) is 0 Å². The van der Waals surface area contributed by atoms with Crippen LogP contribution in [0.2, 0.25) is 0 Å². The van der Waals surface area contributed by atoms with Gasteiger partial charge in [-0.3, -0.25) is 15.1 Å².